The van der Waals surface area contributed by atoms with Crippen LogP contribution in [0.5, 0.6) is 0 Å². The van der Waals surface area contributed by atoms with Gasteiger partial charge in [-0.25, -0.2) is 9.78 Å². The van der Waals surface area contributed by atoms with Gasteiger partial charge in [-0.1, -0.05) is 0 Å². The van der Waals surface area contributed by atoms with E-state index in [4.69, 9.17) is 4.74 Å². The maximum Gasteiger partial charge on any atom is 0.413 e. The Morgan fingerprint density at radius 1 is 1.32 bits per heavy atom. The van der Waals surface area contributed by atoms with Gasteiger partial charge in [-0.3, -0.25) is 10.00 Å². The fourth-order valence-electron chi connectivity index (χ4n) is 3.02. The zero-order chi connectivity index (χ0) is 18.0. The zero-order valence-electron chi connectivity index (χ0n) is 15.2. The van der Waals surface area contributed by atoms with Crippen LogP contribution in [0.2, 0.25) is 0 Å². The molecule has 0 bridgehead atoms. The molecular weight excluding hydrogens is 318 g/mol. The molecule has 25 heavy (non-hydrogen) atoms. The Hall–Kier alpha value is -2.57. The van der Waals surface area contributed by atoms with E-state index in [2.05, 4.69) is 20.7 Å². The van der Waals surface area contributed by atoms with Crippen LogP contribution in [0.15, 0.2) is 24.5 Å². The average molecular weight is 343 g/mol. The van der Waals surface area contributed by atoms with Crippen molar-refractivity contribution in [2.24, 2.45) is 7.05 Å². The largest absolute Gasteiger partial charge is 0.444 e. The van der Waals surface area contributed by atoms with Crippen LogP contribution in [0.25, 0.3) is 0 Å². The van der Waals surface area contributed by atoms with Crippen molar-refractivity contribution >= 4 is 17.6 Å². The molecule has 1 aliphatic carbocycles. The monoisotopic (exact) mass is 343 g/mol. The summed E-state index contributed by atoms with van der Waals surface area (Å²) in [6, 6.07) is 3.91. The molecular formula is C18H25N5O2. The number of pyridine rings is 1. The van der Waals surface area contributed by atoms with Crippen molar-refractivity contribution < 1.29 is 9.53 Å². The van der Waals surface area contributed by atoms with Crippen LogP contribution in [0.1, 0.15) is 50.9 Å². The summed E-state index contributed by atoms with van der Waals surface area (Å²) in [6.45, 7) is 5.47. The minimum absolute atomic E-state index is 0.240. The fraction of sp³-hybridized carbons (Fsp3) is 0.500. The molecule has 2 aromatic rings. The van der Waals surface area contributed by atoms with Crippen molar-refractivity contribution in [3.63, 3.8) is 0 Å². The van der Waals surface area contributed by atoms with E-state index in [0.717, 1.165) is 24.9 Å². The highest BCUT2D eigenvalue weighted by Crippen LogP contribution is 2.32. The van der Waals surface area contributed by atoms with Crippen LogP contribution in [0.4, 0.5) is 16.3 Å². The smallest absolute Gasteiger partial charge is 0.413 e. The lowest BCUT2D eigenvalue weighted by atomic mass is 9.93. The van der Waals surface area contributed by atoms with E-state index >= 15 is 0 Å². The summed E-state index contributed by atoms with van der Waals surface area (Å²) in [5, 5.41) is 10.5. The van der Waals surface area contributed by atoms with Crippen molar-refractivity contribution in [2.75, 3.05) is 10.6 Å². The number of hydrogen-bond donors (Lipinski definition) is 2. The first-order chi connectivity index (χ1) is 11.8. The lowest BCUT2D eigenvalue weighted by Crippen LogP contribution is -2.27. The third-order valence-corrected chi connectivity index (χ3v) is 4.11. The van der Waals surface area contributed by atoms with Crippen LogP contribution in [0.3, 0.4) is 0 Å². The quantitative estimate of drug-likeness (QED) is 0.889. The number of amides is 1. The number of nitrogens with zero attached hydrogens (tertiary/aromatic N) is 3. The molecule has 1 unspecified atom stereocenters. The van der Waals surface area contributed by atoms with Crippen molar-refractivity contribution in [3.8, 4) is 0 Å². The first kappa shape index (κ1) is 17.3. The molecule has 0 saturated heterocycles. The highest BCUT2D eigenvalue weighted by molar-refractivity contribution is 5.83. The topological polar surface area (TPSA) is 81.1 Å². The first-order valence-electron chi connectivity index (χ1n) is 8.55. The lowest BCUT2D eigenvalue weighted by molar-refractivity contribution is 0.0635. The van der Waals surface area contributed by atoms with E-state index in [-0.39, 0.29) is 6.04 Å². The van der Waals surface area contributed by atoms with Gasteiger partial charge in [0, 0.05) is 18.3 Å². The number of carbonyl (C=O) groups is 1. The second-order valence-corrected chi connectivity index (χ2v) is 7.32. The first-order valence-corrected chi connectivity index (χ1v) is 8.55. The third-order valence-electron chi connectivity index (χ3n) is 4.11. The standard InChI is InChI=1S/C18H25N5O2/c1-18(2,3)25-17(24)22-16-9-8-12(10-19-16)21-14-6-5-7-15-13(14)11-20-23(15)4/h8-11,14,21H,5-7H2,1-4H3,(H,19,22,24). The van der Waals surface area contributed by atoms with Gasteiger partial charge in [-0.15, -0.1) is 0 Å². The predicted molar refractivity (Wildman–Crippen MR) is 96.6 cm³/mol. The predicted octanol–water partition coefficient (Wildman–Crippen LogP) is 3.65. The lowest BCUT2D eigenvalue weighted by Gasteiger charge is -2.24. The molecule has 134 valence electrons. The van der Waals surface area contributed by atoms with Crippen LogP contribution < -0.4 is 10.6 Å². The Balaban J connectivity index is 1.63. The van der Waals surface area contributed by atoms with E-state index in [0.29, 0.717) is 5.82 Å². The van der Waals surface area contributed by atoms with Gasteiger partial charge in [0.1, 0.15) is 11.4 Å². The average Bonchev–Trinajstić information content (AvgIpc) is 2.90. The number of fused-ring (bicyclic) bond motifs is 1. The van der Waals surface area contributed by atoms with Crippen molar-refractivity contribution in [3.05, 3.63) is 35.8 Å². The highest BCUT2D eigenvalue weighted by Gasteiger charge is 2.23. The van der Waals surface area contributed by atoms with Crippen molar-refractivity contribution in [2.45, 2.75) is 51.7 Å². The summed E-state index contributed by atoms with van der Waals surface area (Å²) in [5.74, 6) is 0.463. The van der Waals surface area contributed by atoms with Gasteiger partial charge in [0.2, 0.25) is 0 Å². The minimum atomic E-state index is -0.534. The molecule has 7 nitrogen and oxygen atoms in total. The molecule has 0 aliphatic heterocycles. The maximum atomic E-state index is 11.8. The Bertz CT molecular complexity index is 746. The van der Waals surface area contributed by atoms with E-state index in [9.17, 15) is 4.79 Å². The molecule has 0 aromatic carbocycles. The summed E-state index contributed by atoms with van der Waals surface area (Å²) in [6.07, 6.45) is 6.43. The van der Waals surface area contributed by atoms with Crippen LogP contribution in [-0.2, 0) is 18.2 Å². The van der Waals surface area contributed by atoms with Gasteiger partial charge < -0.3 is 10.1 Å². The zero-order valence-corrected chi connectivity index (χ0v) is 15.2. The molecule has 1 aliphatic rings. The number of rotatable bonds is 3. The SMILES string of the molecule is Cn1ncc2c1CCCC2Nc1ccc(NC(=O)OC(C)(C)C)nc1. The second kappa shape index (κ2) is 6.74. The van der Waals surface area contributed by atoms with E-state index in [1.807, 2.05) is 44.8 Å². The number of nitrogens with one attached hydrogen (secondary N) is 2. The second-order valence-electron chi connectivity index (χ2n) is 7.32. The Labute approximate surface area is 147 Å². The summed E-state index contributed by atoms with van der Waals surface area (Å²) in [5.41, 5.74) is 2.93. The molecule has 0 fully saturated rings. The molecule has 2 heterocycles. The highest BCUT2D eigenvalue weighted by atomic mass is 16.6. The molecule has 2 aromatic heterocycles. The molecule has 7 heteroatoms. The van der Waals surface area contributed by atoms with Gasteiger partial charge in [0.05, 0.1) is 24.1 Å². The molecule has 0 saturated carbocycles. The van der Waals surface area contributed by atoms with E-state index in [1.54, 1.807) is 12.3 Å². The number of ether oxygens (including phenoxy) is 1. The number of carbonyl (C=O) groups excluding carboxylic acids is 1. The number of hydrogen-bond acceptors (Lipinski definition) is 5. The molecule has 1 amide bonds. The summed E-state index contributed by atoms with van der Waals surface area (Å²) in [4.78, 5) is 16.1. The molecule has 1 atom stereocenters. The summed E-state index contributed by atoms with van der Waals surface area (Å²) >= 11 is 0. The molecule has 3 rings (SSSR count). The number of aromatic nitrogens is 3. The van der Waals surface area contributed by atoms with Crippen molar-refractivity contribution in [1.29, 1.82) is 0 Å². The number of aryl methyl sites for hydroxylation is 1. The van der Waals surface area contributed by atoms with Crippen molar-refractivity contribution in [1.82, 2.24) is 14.8 Å². The van der Waals surface area contributed by atoms with E-state index < -0.39 is 11.7 Å². The van der Waals surface area contributed by atoms with Gasteiger partial charge in [0.25, 0.3) is 0 Å². The Morgan fingerprint density at radius 3 is 2.80 bits per heavy atom. The summed E-state index contributed by atoms with van der Waals surface area (Å²) in [7, 11) is 1.99. The minimum Gasteiger partial charge on any atom is -0.444 e. The van der Waals surface area contributed by atoms with Gasteiger partial charge in [-0.2, -0.15) is 5.10 Å². The van der Waals surface area contributed by atoms with Gasteiger partial charge in [-0.05, 0) is 52.2 Å². The Morgan fingerprint density at radius 2 is 2.12 bits per heavy atom. The van der Waals surface area contributed by atoms with Gasteiger partial charge >= 0.3 is 6.09 Å². The molecule has 0 radical (unpaired) electrons. The maximum absolute atomic E-state index is 11.8. The van der Waals surface area contributed by atoms with Crippen LogP contribution >= 0.6 is 0 Å². The fourth-order valence-corrected chi connectivity index (χ4v) is 3.02. The van der Waals surface area contributed by atoms with Crippen LogP contribution in [-0.4, -0.2) is 26.5 Å². The summed E-state index contributed by atoms with van der Waals surface area (Å²) < 4.78 is 7.17. The van der Waals surface area contributed by atoms with Crippen LogP contribution in [0, 0.1) is 0 Å². The third kappa shape index (κ3) is 4.29. The number of anilines is 2. The molecule has 0 spiro atoms. The van der Waals surface area contributed by atoms with Gasteiger partial charge in [0.15, 0.2) is 0 Å². The Kier molecular flexibility index (Phi) is 4.65. The molecule has 2 N–H and O–H groups in total. The normalized spacial score (nSPS) is 16.9. The van der Waals surface area contributed by atoms with E-state index in [1.165, 1.54) is 11.3 Å².